The molecule has 2 aromatic carbocycles. The molecule has 2 aromatic rings. The lowest BCUT2D eigenvalue weighted by atomic mass is 10.0. The molecule has 3 rings (SSSR count). The summed E-state index contributed by atoms with van der Waals surface area (Å²) >= 11 is 0. The largest absolute Gasteiger partial charge is 0.493 e. The number of rotatable bonds is 9. The maximum absolute atomic E-state index is 13.2. The van der Waals surface area contributed by atoms with Gasteiger partial charge in [0.2, 0.25) is 11.7 Å². The van der Waals surface area contributed by atoms with Crippen molar-refractivity contribution in [3.8, 4) is 17.2 Å². The van der Waals surface area contributed by atoms with Crippen LogP contribution in [0, 0.1) is 0 Å². The molecular weight excluding hydrogens is 434 g/mol. The fourth-order valence-corrected chi connectivity index (χ4v) is 5.14. The molecule has 1 aliphatic rings. The van der Waals surface area contributed by atoms with Crippen molar-refractivity contribution in [3.63, 3.8) is 0 Å². The number of amides is 1. The van der Waals surface area contributed by atoms with Crippen molar-refractivity contribution in [1.29, 1.82) is 0 Å². The molecule has 1 fully saturated rings. The molecule has 174 valence electrons. The number of hydrogen-bond donors (Lipinski definition) is 2. The molecule has 1 atom stereocenters. The van der Waals surface area contributed by atoms with Crippen molar-refractivity contribution in [2.75, 3.05) is 32.6 Å². The number of methoxy groups -OCH3 is 3. The third-order valence-electron chi connectivity index (χ3n) is 5.29. The maximum Gasteiger partial charge on any atom is 0.302 e. The van der Waals surface area contributed by atoms with E-state index in [0.29, 0.717) is 36.6 Å². The molecule has 1 aliphatic heterocycles. The molecule has 32 heavy (non-hydrogen) atoms. The molecule has 0 saturated carbocycles. The van der Waals surface area contributed by atoms with E-state index in [1.54, 1.807) is 0 Å². The molecule has 10 heteroatoms. The highest BCUT2D eigenvalue weighted by Gasteiger charge is 2.37. The zero-order valence-electron chi connectivity index (χ0n) is 18.5. The van der Waals surface area contributed by atoms with Gasteiger partial charge >= 0.3 is 10.2 Å². The Labute approximate surface area is 188 Å². The Morgan fingerprint density at radius 1 is 1.03 bits per heavy atom. The zero-order chi connectivity index (χ0) is 23.1. The van der Waals surface area contributed by atoms with Crippen molar-refractivity contribution >= 4 is 21.8 Å². The Kier molecular flexibility index (Phi) is 7.81. The van der Waals surface area contributed by atoms with Crippen molar-refractivity contribution in [2.24, 2.45) is 0 Å². The lowest BCUT2D eigenvalue weighted by Crippen LogP contribution is -2.53. The zero-order valence-corrected chi connectivity index (χ0v) is 19.3. The van der Waals surface area contributed by atoms with Gasteiger partial charge in [-0.25, -0.2) is 0 Å². The van der Waals surface area contributed by atoms with Gasteiger partial charge in [0.25, 0.3) is 0 Å². The van der Waals surface area contributed by atoms with Gasteiger partial charge < -0.3 is 19.5 Å². The summed E-state index contributed by atoms with van der Waals surface area (Å²) in [4.78, 5) is 12.9. The second-order valence-electron chi connectivity index (χ2n) is 7.35. The average molecular weight is 464 g/mol. The lowest BCUT2D eigenvalue weighted by molar-refractivity contribution is -0.125. The minimum Gasteiger partial charge on any atom is -0.493 e. The molecule has 1 amide bonds. The van der Waals surface area contributed by atoms with Crippen LogP contribution in [0.25, 0.3) is 0 Å². The van der Waals surface area contributed by atoms with Gasteiger partial charge in [0.05, 0.1) is 27.0 Å². The third kappa shape index (κ3) is 5.43. The fourth-order valence-electron chi connectivity index (χ4n) is 3.71. The summed E-state index contributed by atoms with van der Waals surface area (Å²) in [5.41, 5.74) is 1.19. The number of hydrogen-bond acceptors (Lipinski definition) is 6. The molecule has 0 radical (unpaired) electrons. The van der Waals surface area contributed by atoms with Crippen LogP contribution in [0.4, 0.5) is 5.69 Å². The molecule has 0 bridgehead atoms. The SMILES string of the molecule is COc1cc(NS(=O)(=O)N2CCCC[C@H]2C(=O)NCc2ccccc2)cc(OC)c1OC. The summed E-state index contributed by atoms with van der Waals surface area (Å²) in [7, 11) is 0.360. The molecule has 0 aliphatic carbocycles. The van der Waals surface area contributed by atoms with Crippen LogP contribution < -0.4 is 24.2 Å². The van der Waals surface area contributed by atoms with E-state index in [-0.39, 0.29) is 18.1 Å². The number of benzene rings is 2. The van der Waals surface area contributed by atoms with E-state index in [1.165, 1.54) is 37.8 Å². The second-order valence-corrected chi connectivity index (χ2v) is 8.97. The number of ether oxygens (including phenoxy) is 3. The predicted molar refractivity (Wildman–Crippen MR) is 121 cm³/mol. The van der Waals surface area contributed by atoms with Gasteiger partial charge in [0.15, 0.2) is 11.5 Å². The van der Waals surface area contributed by atoms with Crippen molar-refractivity contribution in [1.82, 2.24) is 9.62 Å². The molecule has 2 N–H and O–H groups in total. The lowest BCUT2D eigenvalue weighted by Gasteiger charge is -2.33. The van der Waals surface area contributed by atoms with E-state index in [4.69, 9.17) is 14.2 Å². The third-order valence-corrected chi connectivity index (χ3v) is 6.83. The summed E-state index contributed by atoms with van der Waals surface area (Å²) in [5, 5.41) is 2.86. The number of nitrogens with zero attached hydrogens (tertiary/aromatic N) is 1. The maximum atomic E-state index is 13.2. The molecule has 0 spiro atoms. The molecule has 0 unspecified atom stereocenters. The molecule has 9 nitrogen and oxygen atoms in total. The van der Waals surface area contributed by atoms with Gasteiger partial charge in [-0.3, -0.25) is 9.52 Å². The fraction of sp³-hybridized carbons (Fsp3) is 0.409. The van der Waals surface area contributed by atoms with Gasteiger partial charge in [-0.15, -0.1) is 0 Å². The van der Waals surface area contributed by atoms with Crippen LogP contribution in [0.5, 0.6) is 17.2 Å². The van der Waals surface area contributed by atoms with E-state index in [9.17, 15) is 13.2 Å². The highest BCUT2D eigenvalue weighted by atomic mass is 32.2. The summed E-state index contributed by atoms with van der Waals surface area (Å²) < 4.78 is 46.1. The van der Waals surface area contributed by atoms with Crippen molar-refractivity contribution in [3.05, 3.63) is 48.0 Å². The number of carbonyl (C=O) groups excluding carboxylic acids is 1. The van der Waals surface area contributed by atoms with Crippen LogP contribution in [-0.2, 0) is 21.5 Å². The van der Waals surface area contributed by atoms with Crippen molar-refractivity contribution in [2.45, 2.75) is 31.8 Å². The van der Waals surface area contributed by atoms with Crippen molar-refractivity contribution < 1.29 is 27.4 Å². The van der Waals surface area contributed by atoms with E-state index in [1.807, 2.05) is 30.3 Å². The topological polar surface area (TPSA) is 106 Å². The number of carbonyl (C=O) groups is 1. The Balaban J connectivity index is 1.78. The summed E-state index contributed by atoms with van der Waals surface area (Å²) in [6, 6.07) is 11.7. The number of anilines is 1. The van der Waals surface area contributed by atoms with Gasteiger partial charge in [-0.1, -0.05) is 36.8 Å². The Hall–Kier alpha value is -2.98. The normalized spacial score (nSPS) is 16.8. The monoisotopic (exact) mass is 463 g/mol. The minimum atomic E-state index is -4.01. The standard InChI is InChI=1S/C22H29N3O6S/c1-29-19-13-17(14-20(30-2)21(19)31-3)24-32(27,28)25-12-8-7-11-18(25)22(26)23-15-16-9-5-4-6-10-16/h4-6,9-10,13-14,18,24H,7-8,11-12,15H2,1-3H3,(H,23,26)/t18-/m0/s1. The highest BCUT2D eigenvalue weighted by molar-refractivity contribution is 7.90. The van der Waals surface area contributed by atoms with Crippen LogP contribution in [-0.4, -0.2) is 52.5 Å². The van der Waals surface area contributed by atoms with Crippen LogP contribution in [0.1, 0.15) is 24.8 Å². The Morgan fingerprint density at radius 3 is 2.28 bits per heavy atom. The van der Waals surface area contributed by atoms with Crippen LogP contribution in [0.2, 0.25) is 0 Å². The first-order chi connectivity index (χ1) is 15.4. The summed E-state index contributed by atoms with van der Waals surface area (Å²) in [5.74, 6) is 0.679. The number of nitrogens with one attached hydrogen (secondary N) is 2. The minimum absolute atomic E-state index is 0.244. The van der Waals surface area contributed by atoms with E-state index < -0.39 is 16.3 Å². The average Bonchev–Trinajstić information content (AvgIpc) is 2.82. The van der Waals surface area contributed by atoms with Crippen LogP contribution >= 0.6 is 0 Å². The predicted octanol–water partition coefficient (Wildman–Crippen LogP) is 2.54. The molecule has 0 aromatic heterocycles. The first kappa shape index (κ1) is 23.7. The van der Waals surface area contributed by atoms with Gasteiger partial charge in [-0.05, 0) is 18.4 Å². The second kappa shape index (κ2) is 10.6. The van der Waals surface area contributed by atoms with Gasteiger partial charge in [0, 0.05) is 25.2 Å². The van der Waals surface area contributed by atoms with Gasteiger partial charge in [-0.2, -0.15) is 12.7 Å². The quantitative estimate of drug-likeness (QED) is 0.592. The molecule has 1 saturated heterocycles. The van der Waals surface area contributed by atoms with E-state index in [2.05, 4.69) is 10.0 Å². The van der Waals surface area contributed by atoms with Gasteiger partial charge in [0.1, 0.15) is 6.04 Å². The first-order valence-electron chi connectivity index (χ1n) is 10.3. The first-order valence-corrected chi connectivity index (χ1v) is 11.7. The molecular formula is C22H29N3O6S. The van der Waals surface area contributed by atoms with Crippen LogP contribution in [0.3, 0.4) is 0 Å². The van der Waals surface area contributed by atoms with Crippen LogP contribution in [0.15, 0.2) is 42.5 Å². The summed E-state index contributed by atoms with van der Waals surface area (Å²) in [6.45, 7) is 0.591. The smallest absolute Gasteiger partial charge is 0.302 e. The molecule has 1 heterocycles. The Morgan fingerprint density at radius 2 is 1.69 bits per heavy atom. The Bertz CT molecular complexity index is 1000. The summed E-state index contributed by atoms with van der Waals surface area (Å²) in [6.07, 6.45) is 1.91. The van der Waals surface area contributed by atoms with E-state index in [0.717, 1.165) is 12.0 Å². The number of piperidine rings is 1. The van der Waals surface area contributed by atoms with E-state index >= 15 is 0 Å². The highest BCUT2D eigenvalue weighted by Crippen LogP contribution is 2.40.